The van der Waals surface area contributed by atoms with Gasteiger partial charge in [0, 0.05) is 25.6 Å². The van der Waals surface area contributed by atoms with E-state index in [9.17, 15) is 9.59 Å². The average molecular weight is 336 g/mol. The Kier molecular flexibility index (Phi) is 9.73. The molecule has 0 saturated carbocycles. The molecule has 0 atom stereocenters. The largest absolute Gasteiger partial charge is 0.383 e. The summed E-state index contributed by atoms with van der Waals surface area (Å²) in [7, 11) is 1.59. The number of amides is 2. The van der Waals surface area contributed by atoms with Crippen molar-refractivity contribution in [3.8, 4) is 0 Å². The van der Waals surface area contributed by atoms with Crippen LogP contribution >= 0.6 is 24.0 Å². The highest BCUT2D eigenvalue weighted by Crippen LogP contribution is 2.25. The molecule has 0 spiro atoms. The molecule has 1 aromatic rings. The summed E-state index contributed by atoms with van der Waals surface area (Å²) < 4.78 is 4.86. The van der Waals surface area contributed by atoms with Crippen LogP contribution in [-0.4, -0.2) is 38.6 Å². The van der Waals surface area contributed by atoms with Crippen molar-refractivity contribution in [2.45, 2.75) is 6.92 Å². The van der Waals surface area contributed by atoms with Crippen LogP contribution in [0, 0.1) is 0 Å². The van der Waals surface area contributed by atoms with E-state index in [1.54, 1.807) is 25.3 Å². The molecule has 6 nitrogen and oxygen atoms in total. The Labute approximate surface area is 135 Å². The zero-order valence-corrected chi connectivity index (χ0v) is 13.4. The molecule has 0 aromatic heterocycles. The Bertz CT molecular complexity index is 484. The van der Waals surface area contributed by atoms with E-state index in [2.05, 4.69) is 16.0 Å². The number of ether oxygens (including phenoxy) is 1. The fourth-order valence-electron chi connectivity index (χ4n) is 1.49. The molecule has 1 rings (SSSR count). The Morgan fingerprint density at radius 1 is 1.24 bits per heavy atom. The van der Waals surface area contributed by atoms with E-state index < -0.39 is 0 Å². The summed E-state index contributed by atoms with van der Waals surface area (Å²) in [5.74, 6) is -0.448. The zero-order chi connectivity index (χ0) is 15.0. The highest BCUT2D eigenvalue weighted by atomic mass is 35.5. The SMILES string of the molecule is COCCNCC(=O)Nc1cc(Cl)ccc1NC(C)=O.Cl. The molecular weight excluding hydrogens is 317 g/mol. The smallest absolute Gasteiger partial charge is 0.238 e. The molecule has 21 heavy (non-hydrogen) atoms. The van der Waals surface area contributed by atoms with Crippen molar-refractivity contribution in [3.05, 3.63) is 23.2 Å². The molecule has 118 valence electrons. The van der Waals surface area contributed by atoms with Gasteiger partial charge in [-0.3, -0.25) is 9.59 Å². The van der Waals surface area contributed by atoms with Crippen molar-refractivity contribution in [3.63, 3.8) is 0 Å². The lowest BCUT2D eigenvalue weighted by Crippen LogP contribution is -2.30. The molecule has 1 aromatic carbocycles. The van der Waals surface area contributed by atoms with Gasteiger partial charge in [-0.1, -0.05) is 11.6 Å². The monoisotopic (exact) mass is 335 g/mol. The first-order valence-corrected chi connectivity index (χ1v) is 6.47. The molecule has 0 heterocycles. The van der Waals surface area contributed by atoms with Crippen LogP contribution in [-0.2, 0) is 14.3 Å². The second kappa shape index (κ2) is 10.4. The number of carbonyl (C=O) groups is 2. The minimum absolute atomic E-state index is 0. The highest BCUT2D eigenvalue weighted by Gasteiger charge is 2.08. The second-order valence-electron chi connectivity index (χ2n) is 4.09. The minimum atomic E-state index is -0.227. The van der Waals surface area contributed by atoms with Crippen molar-refractivity contribution in [1.82, 2.24) is 5.32 Å². The van der Waals surface area contributed by atoms with Crippen LogP contribution in [0.15, 0.2) is 18.2 Å². The number of anilines is 2. The van der Waals surface area contributed by atoms with Crippen molar-refractivity contribution in [2.24, 2.45) is 0 Å². The summed E-state index contributed by atoms with van der Waals surface area (Å²) in [5, 5.41) is 8.72. The zero-order valence-electron chi connectivity index (χ0n) is 11.9. The molecule has 0 unspecified atom stereocenters. The van der Waals surface area contributed by atoms with Crippen LogP contribution in [0.25, 0.3) is 0 Å². The number of methoxy groups -OCH3 is 1. The molecule has 0 bridgehead atoms. The molecule has 3 N–H and O–H groups in total. The molecular formula is C13H19Cl2N3O3. The number of halogens is 2. The number of nitrogens with one attached hydrogen (secondary N) is 3. The van der Waals surface area contributed by atoms with Gasteiger partial charge in [-0.15, -0.1) is 12.4 Å². The summed E-state index contributed by atoms with van der Waals surface area (Å²) >= 11 is 5.89. The first-order valence-electron chi connectivity index (χ1n) is 6.09. The van der Waals surface area contributed by atoms with Crippen LogP contribution in [0.4, 0.5) is 11.4 Å². The van der Waals surface area contributed by atoms with Crippen molar-refractivity contribution in [1.29, 1.82) is 0 Å². The Balaban J connectivity index is 0.00000400. The number of hydrogen-bond donors (Lipinski definition) is 3. The third-order valence-electron chi connectivity index (χ3n) is 2.33. The van der Waals surface area contributed by atoms with Gasteiger partial charge in [0.1, 0.15) is 0 Å². The minimum Gasteiger partial charge on any atom is -0.383 e. The lowest BCUT2D eigenvalue weighted by molar-refractivity contribution is -0.116. The maximum atomic E-state index is 11.8. The third kappa shape index (κ3) is 7.87. The van der Waals surface area contributed by atoms with E-state index in [0.717, 1.165) is 0 Å². The van der Waals surface area contributed by atoms with Gasteiger partial charge in [0.05, 0.1) is 24.5 Å². The van der Waals surface area contributed by atoms with E-state index in [1.807, 2.05) is 0 Å². The summed E-state index contributed by atoms with van der Waals surface area (Å²) in [6, 6.07) is 4.86. The van der Waals surface area contributed by atoms with E-state index >= 15 is 0 Å². The van der Waals surface area contributed by atoms with Gasteiger partial charge in [0.2, 0.25) is 11.8 Å². The van der Waals surface area contributed by atoms with Crippen LogP contribution in [0.3, 0.4) is 0 Å². The molecule has 2 amide bonds. The van der Waals surface area contributed by atoms with E-state index in [4.69, 9.17) is 16.3 Å². The third-order valence-corrected chi connectivity index (χ3v) is 2.57. The first-order chi connectivity index (χ1) is 9.52. The molecule has 0 aliphatic rings. The Morgan fingerprint density at radius 2 is 1.95 bits per heavy atom. The Morgan fingerprint density at radius 3 is 2.57 bits per heavy atom. The summed E-state index contributed by atoms with van der Waals surface area (Å²) in [6.07, 6.45) is 0. The summed E-state index contributed by atoms with van der Waals surface area (Å²) in [6.45, 7) is 2.65. The van der Waals surface area contributed by atoms with Gasteiger partial charge >= 0.3 is 0 Å². The number of carbonyl (C=O) groups excluding carboxylic acids is 2. The molecule has 0 radical (unpaired) electrons. The average Bonchev–Trinajstić information content (AvgIpc) is 2.37. The summed E-state index contributed by atoms with van der Waals surface area (Å²) in [4.78, 5) is 22.9. The van der Waals surface area contributed by atoms with Crippen LogP contribution in [0.2, 0.25) is 5.02 Å². The van der Waals surface area contributed by atoms with Gasteiger partial charge in [0.15, 0.2) is 0 Å². The lowest BCUT2D eigenvalue weighted by Gasteiger charge is -2.12. The molecule has 8 heteroatoms. The quantitative estimate of drug-likeness (QED) is 0.665. The number of benzene rings is 1. The predicted octanol–water partition coefficient (Wildman–Crippen LogP) is 1.89. The molecule has 0 aliphatic heterocycles. The van der Waals surface area contributed by atoms with Gasteiger partial charge in [0.25, 0.3) is 0 Å². The topological polar surface area (TPSA) is 79.5 Å². The van der Waals surface area contributed by atoms with Crippen LogP contribution in [0.1, 0.15) is 6.92 Å². The van der Waals surface area contributed by atoms with Crippen molar-refractivity contribution >= 4 is 47.2 Å². The van der Waals surface area contributed by atoms with Gasteiger partial charge in [-0.05, 0) is 18.2 Å². The maximum absolute atomic E-state index is 11.8. The predicted molar refractivity (Wildman–Crippen MR) is 86.4 cm³/mol. The Hall–Kier alpha value is -1.34. The summed E-state index contributed by atoms with van der Waals surface area (Å²) in [5.41, 5.74) is 0.971. The lowest BCUT2D eigenvalue weighted by atomic mass is 10.2. The van der Waals surface area contributed by atoms with Crippen LogP contribution in [0.5, 0.6) is 0 Å². The highest BCUT2D eigenvalue weighted by molar-refractivity contribution is 6.31. The van der Waals surface area contributed by atoms with Gasteiger partial charge in [-0.25, -0.2) is 0 Å². The number of rotatable bonds is 7. The standard InChI is InChI=1S/C13H18ClN3O3.ClH/c1-9(18)16-11-4-3-10(14)7-12(11)17-13(19)8-15-5-6-20-2;/h3-4,7,15H,5-6,8H2,1-2H3,(H,16,18)(H,17,19);1H. The van der Waals surface area contributed by atoms with Crippen molar-refractivity contribution in [2.75, 3.05) is 37.4 Å². The molecule has 0 saturated heterocycles. The van der Waals surface area contributed by atoms with Gasteiger partial charge < -0.3 is 20.7 Å². The number of hydrogen-bond acceptors (Lipinski definition) is 4. The van der Waals surface area contributed by atoms with Crippen molar-refractivity contribution < 1.29 is 14.3 Å². The molecule has 0 aliphatic carbocycles. The van der Waals surface area contributed by atoms with E-state index in [0.29, 0.717) is 29.5 Å². The van der Waals surface area contributed by atoms with E-state index in [1.165, 1.54) is 6.92 Å². The maximum Gasteiger partial charge on any atom is 0.238 e. The first kappa shape index (κ1) is 19.7. The fraction of sp³-hybridized carbons (Fsp3) is 0.385. The van der Waals surface area contributed by atoms with Gasteiger partial charge in [-0.2, -0.15) is 0 Å². The van der Waals surface area contributed by atoms with E-state index in [-0.39, 0.29) is 30.8 Å². The normalized spacial score (nSPS) is 9.67. The molecule has 0 fully saturated rings. The van der Waals surface area contributed by atoms with Crippen LogP contribution < -0.4 is 16.0 Å². The fourth-order valence-corrected chi connectivity index (χ4v) is 1.66. The second-order valence-corrected chi connectivity index (χ2v) is 4.53.